The molecule has 0 radical (unpaired) electrons. The summed E-state index contributed by atoms with van der Waals surface area (Å²) in [4.78, 5) is 0. The van der Waals surface area contributed by atoms with Crippen LogP contribution in [0.1, 0.15) is 38.4 Å². The van der Waals surface area contributed by atoms with Gasteiger partial charge in [-0.2, -0.15) is 0 Å². The number of halogens is 1. The summed E-state index contributed by atoms with van der Waals surface area (Å²) in [5.41, 5.74) is 0.623. The maximum Gasteiger partial charge on any atom is 0.126 e. The van der Waals surface area contributed by atoms with E-state index in [4.69, 9.17) is 9.47 Å². The van der Waals surface area contributed by atoms with Crippen LogP contribution in [0.25, 0.3) is 0 Å². The van der Waals surface area contributed by atoms with Crippen LogP contribution in [-0.2, 0) is 4.74 Å². The molecule has 1 N–H and O–H groups in total. The van der Waals surface area contributed by atoms with Crippen LogP contribution in [-0.4, -0.2) is 23.9 Å². The molecule has 1 aliphatic heterocycles. The van der Waals surface area contributed by atoms with Gasteiger partial charge in [-0.05, 0) is 26.0 Å². The summed E-state index contributed by atoms with van der Waals surface area (Å²) in [5, 5.41) is 10.2. The zero-order chi connectivity index (χ0) is 13.3. The van der Waals surface area contributed by atoms with E-state index in [0.29, 0.717) is 6.42 Å². The molecule has 18 heavy (non-hydrogen) atoms. The summed E-state index contributed by atoms with van der Waals surface area (Å²) in [6.07, 6.45) is 0.893. The molecule has 1 aliphatic rings. The molecule has 0 aliphatic carbocycles. The van der Waals surface area contributed by atoms with Crippen molar-refractivity contribution in [3.05, 3.63) is 28.2 Å². The van der Waals surface area contributed by atoms with Crippen molar-refractivity contribution in [2.75, 3.05) is 7.11 Å². The Morgan fingerprint density at radius 2 is 2.22 bits per heavy atom. The molecule has 0 bridgehead atoms. The normalized spacial score (nSPS) is 23.4. The van der Waals surface area contributed by atoms with Gasteiger partial charge < -0.3 is 14.6 Å². The van der Waals surface area contributed by atoms with E-state index in [9.17, 15) is 5.11 Å². The first-order valence-electron chi connectivity index (χ1n) is 6.10. The highest BCUT2D eigenvalue weighted by Gasteiger charge is 2.31. The molecule has 0 spiro atoms. The molecule has 0 fully saturated rings. The van der Waals surface area contributed by atoms with E-state index in [1.54, 1.807) is 7.11 Å². The van der Waals surface area contributed by atoms with E-state index in [2.05, 4.69) is 15.9 Å². The number of fused-ring (bicyclic) bond motifs is 1. The minimum Gasteiger partial charge on any atom is -0.490 e. The standard InChI is InChI=1S/C14H19BrO3/c1-14(2,17-3)8-10-7-12(16)11-5-4-9(15)6-13(11)18-10/h4-6,10,12,16H,7-8H2,1-3H3/t10?,12-/m1/s1. The number of hydrogen-bond donors (Lipinski definition) is 1. The lowest BCUT2D eigenvalue weighted by Crippen LogP contribution is -2.35. The molecule has 0 aromatic heterocycles. The first-order valence-corrected chi connectivity index (χ1v) is 6.90. The first kappa shape index (κ1) is 13.8. The molecule has 2 rings (SSSR count). The van der Waals surface area contributed by atoms with Crippen molar-refractivity contribution in [1.29, 1.82) is 0 Å². The predicted molar refractivity (Wildman–Crippen MR) is 73.8 cm³/mol. The highest BCUT2D eigenvalue weighted by molar-refractivity contribution is 9.10. The van der Waals surface area contributed by atoms with E-state index in [1.165, 1.54) is 0 Å². The van der Waals surface area contributed by atoms with Crippen molar-refractivity contribution in [2.24, 2.45) is 0 Å². The summed E-state index contributed by atoms with van der Waals surface area (Å²) in [6, 6.07) is 5.73. The number of methoxy groups -OCH3 is 1. The van der Waals surface area contributed by atoms with Crippen molar-refractivity contribution in [1.82, 2.24) is 0 Å². The van der Waals surface area contributed by atoms with Gasteiger partial charge in [-0.3, -0.25) is 0 Å². The van der Waals surface area contributed by atoms with Crippen molar-refractivity contribution in [2.45, 2.75) is 44.5 Å². The van der Waals surface area contributed by atoms with Gasteiger partial charge in [-0.25, -0.2) is 0 Å². The molecule has 2 atom stereocenters. The lowest BCUT2D eigenvalue weighted by molar-refractivity contribution is -0.0311. The van der Waals surface area contributed by atoms with Crippen LogP contribution in [0.3, 0.4) is 0 Å². The smallest absolute Gasteiger partial charge is 0.126 e. The number of aliphatic hydroxyl groups excluding tert-OH is 1. The van der Waals surface area contributed by atoms with Gasteiger partial charge in [0.25, 0.3) is 0 Å². The molecule has 1 aromatic rings. The zero-order valence-corrected chi connectivity index (χ0v) is 12.5. The Hall–Kier alpha value is -0.580. The average molecular weight is 315 g/mol. The summed E-state index contributed by atoms with van der Waals surface area (Å²) in [7, 11) is 1.70. The Morgan fingerprint density at radius 1 is 1.50 bits per heavy atom. The minimum absolute atomic E-state index is 0.0169. The number of hydrogen-bond acceptors (Lipinski definition) is 3. The zero-order valence-electron chi connectivity index (χ0n) is 10.9. The molecule has 100 valence electrons. The molecule has 0 amide bonds. The van der Waals surface area contributed by atoms with Gasteiger partial charge in [0.1, 0.15) is 11.9 Å². The summed E-state index contributed by atoms with van der Waals surface area (Å²) in [6.45, 7) is 4.05. The molecule has 1 aromatic carbocycles. The Labute approximate surface area is 116 Å². The van der Waals surface area contributed by atoms with Crippen LogP contribution < -0.4 is 4.74 Å². The quantitative estimate of drug-likeness (QED) is 0.928. The number of rotatable bonds is 3. The third-order valence-electron chi connectivity index (χ3n) is 3.39. The molecule has 3 nitrogen and oxygen atoms in total. The monoisotopic (exact) mass is 314 g/mol. The molecule has 4 heteroatoms. The second-order valence-electron chi connectivity index (χ2n) is 5.34. The van der Waals surface area contributed by atoms with Crippen LogP contribution in [0.2, 0.25) is 0 Å². The molecular weight excluding hydrogens is 296 g/mol. The maximum absolute atomic E-state index is 10.2. The van der Waals surface area contributed by atoms with Crippen LogP contribution in [0.4, 0.5) is 0 Å². The lowest BCUT2D eigenvalue weighted by Gasteiger charge is -2.34. The van der Waals surface area contributed by atoms with Gasteiger partial charge in [0.15, 0.2) is 0 Å². The van der Waals surface area contributed by atoms with Crippen LogP contribution in [0.15, 0.2) is 22.7 Å². The van der Waals surface area contributed by atoms with Crippen molar-refractivity contribution in [3.8, 4) is 5.75 Å². The van der Waals surface area contributed by atoms with E-state index >= 15 is 0 Å². The van der Waals surface area contributed by atoms with Crippen LogP contribution in [0.5, 0.6) is 5.75 Å². The second kappa shape index (κ2) is 5.19. The number of benzene rings is 1. The SMILES string of the molecule is COC(C)(C)CC1C[C@@H](O)c2ccc(Br)cc2O1. The largest absolute Gasteiger partial charge is 0.490 e. The van der Waals surface area contributed by atoms with Gasteiger partial charge in [0, 0.05) is 30.0 Å². The topological polar surface area (TPSA) is 38.7 Å². The summed E-state index contributed by atoms with van der Waals surface area (Å²) < 4.78 is 12.3. The first-order chi connectivity index (χ1) is 8.41. The van der Waals surface area contributed by atoms with Gasteiger partial charge in [0.2, 0.25) is 0 Å². The fourth-order valence-electron chi connectivity index (χ4n) is 2.25. The van der Waals surface area contributed by atoms with Gasteiger partial charge in [-0.15, -0.1) is 0 Å². The van der Waals surface area contributed by atoms with Gasteiger partial charge in [0.05, 0.1) is 11.7 Å². The molecule has 1 unspecified atom stereocenters. The summed E-state index contributed by atoms with van der Waals surface area (Å²) in [5.74, 6) is 0.764. The van der Waals surface area contributed by atoms with E-state index < -0.39 is 6.10 Å². The highest BCUT2D eigenvalue weighted by atomic mass is 79.9. The van der Waals surface area contributed by atoms with Crippen LogP contribution >= 0.6 is 15.9 Å². The lowest BCUT2D eigenvalue weighted by atomic mass is 9.92. The fraction of sp³-hybridized carbons (Fsp3) is 0.571. The molecule has 1 heterocycles. The van der Waals surface area contributed by atoms with Crippen LogP contribution in [0, 0.1) is 0 Å². The van der Waals surface area contributed by atoms with Crippen molar-refractivity contribution >= 4 is 15.9 Å². The Balaban J connectivity index is 2.17. The van der Waals surface area contributed by atoms with Crippen molar-refractivity contribution in [3.63, 3.8) is 0 Å². The summed E-state index contributed by atoms with van der Waals surface area (Å²) >= 11 is 3.42. The third kappa shape index (κ3) is 3.05. The molecule has 0 saturated heterocycles. The fourth-order valence-corrected chi connectivity index (χ4v) is 2.59. The third-order valence-corrected chi connectivity index (χ3v) is 3.88. The Kier molecular flexibility index (Phi) is 3.99. The number of aliphatic hydroxyl groups is 1. The highest BCUT2D eigenvalue weighted by Crippen LogP contribution is 2.38. The second-order valence-corrected chi connectivity index (χ2v) is 6.26. The van der Waals surface area contributed by atoms with Crippen molar-refractivity contribution < 1.29 is 14.6 Å². The molecule has 0 saturated carbocycles. The molecular formula is C14H19BrO3. The van der Waals surface area contributed by atoms with E-state index in [0.717, 1.165) is 22.2 Å². The van der Waals surface area contributed by atoms with Gasteiger partial charge >= 0.3 is 0 Å². The average Bonchev–Trinajstić information content (AvgIpc) is 2.27. The minimum atomic E-state index is -0.459. The Morgan fingerprint density at radius 3 is 2.89 bits per heavy atom. The maximum atomic E-state index is 10.2. The van der Waals surface area contributed by atoms with E-state index in [1.807, 2.05) is 32.0 Å². The predicted octanol–water partition coefficient (Wildman–Crippen LogP) is 3.45. The van der Waals surface area contributed by atoms with Gasteiger partial charge in [-0.1, -0.05) is 22.0 Å². The van der Waals surface area contributed by atoms with E-state index in [-0.39, 0.29) is 11.7 Å². The Bertz CT molecular complexity index is 431. The number of ether oxygens (including phenoxy) is 2.